The summed E-state index contributed by atoms with van der Waals surface area (Å²) >= 11 is 0. The van der Waals surface area contributed by atoms with Gasteiger partial charge in [0.2, 0.25) is 0 Å². The minimum absolute atomic E-state index is 0.216. The van der Waals surface area contributed by atoms with Gasteiger partial charge >= 0.3 is 0 Å². The number of hydrogen-bond acceptors (Lipinski definition) is 3. The van der Waals surface area contributed by atoms with Crippen LogP contribution < -0.4 is 10.6 Å². The molecule has 0 fully saturated rings. The molecule has 3 aromatic rings. The quantitative estimate of drug-likeness (QED) is 0.689. The van der Waals surface area contributed by atoms with Crippen molar-refractivity contribution in [2.45, 2.75) is 26.9 Å². The van der Waals surface area contributed by atoms with E-state index in [4.69, 9.17) is 0 Å². The van der Waals surface area contributed by atoms with E-state index in [0.717, 1.165) is 22.8 Å². The fourth-order valence-corrected chi connectivity index (χ4v) is 2.90. The number of carbonyl (C=O) groups is 2. The van der Waals surface area contributed by atoms with Gasteiger partial charge in [0.05, 0.1) is 13.1 Å². The molecular formula is C21H25N5O2. The third-order valence-electron chi connectivity index (χ3n) is 5.03. The van der Waals surface area contributed by atoms with Crippen LogP contribution >= 0.6 is 0 Å². The van der Waals surface area contributed by atoms with Crippen molar-refractivity contribution in [1.29, 1.82) is 0 Å². The molecule has 0 radical (unpaired) electrons. The Morgan fingerprint density at radius 3 is 1.57 bits per heavy atom. The Morgan fingerprint density at radius 1 is 0.786 bits per heavy atom. The first-order valence-corrected chi connectivity index (χ1v) is 9.12. The van der Waals surface area contributed by atoms with E-state index < -0.39 is 0 Å². The van der Waals surface area contributed by atoms with Gasteiger partial charge in [-0.25, -0.2) is 4.98 Å². The molecule has 2 N–H and O–H groups in total. The van der Waals surface area contributed by atoms with Crippen molar-refractivity contribution in [1.82, 2.24) is 24.8 Å². The van der Waals surface area contributed by atoms with E-state index in [0.29, 0.717) is 13.1 Å². The van der Waals surface area contributed by atoms with Crippen molar-refractivity contribution in [2.75, 3.05) is 0 Å². The lowest BCUT2D eigenvalue weighted by Crippen LogP contribution is -2.28. The molecule has 7 heteroatoms. The number of carbonyl (C=O) groups excluding carboxylic acids is 2. The van der Waals surface area contributed by atoms with Crippen LogP contribution in [0.4, 0.5) is 0 Å². The fraction of sp³-hybridized carbons (Fsp3) is 0.286. The number of hydrogen-bond donors (Lipinski definition) is 2. The first kappa shape index (κ1) is 19.4. The van der Waals surface area contributed by atoms with Gasteiger partial charge in [-0.05, 0) is 50.2 Å². The molecule has 0 saturated carbocycles. The second-order valence-electron chi connectivity index (χ2n) is 6.82. The summed E-state index contributed by atoms with van der Waals surface area (Å²) < 4.78 is 4.03. The minimum Gasteiger partial charge on any atom is -0.350 e. The molecule has 28 heavy (non-hydrogen) atoms. The van der Waals surface area contributed by atoms with E-state index in [9.17, 15) is 9.59 Å². The SMILES string of the molecule is Cc1ccc(CNC(=O)c2cccc(C(=O)NCc3ccc(C)n3C)n2)n1C. The predicted molar refractivity (Wildman–Crippen MR) is 107 cm³/mol. The van der Waals surface area contributed by atoms with Crippen LogP contribution in [-0.4, -0.2) is 25.9 Å². The van der Waals surface area contributed by atoms with Crippen molar-refractivity contribution in [3.8, 4) is 0 Å². The topological polar surface area (TPSA) is 81.0 Å². The summed E-state index contributed by atoms with van der Waals surface area (Å²) in [6.45, 7) is 4.81. The highest BCUT2D eigenvalue weighted by Gasteiger charge is 2.13. The van der Waals surface area contributed by atoms with Gasteiger partial charge in [-0.3, -0.25) is 9.59 Å². The number of aryl methyl sites for hydroxylation is 2. The number of nitrogens with one attached hydrogen (secondary N) is 2. The molecular weight excluding hydrogens is 354 g/mol. The summed E-state index contributed by atoms with van der Waals surface area (Å²) in [7, 11) is 3.91. The highest BCUT2D eigenvalue weighted by Crippen LogP contribution is 2.07. The Bertz CT molecular complexity index is 938. The number of nitrogens with zero attached hydrogens (tertiary/aromatic N) is 3. The molecule has 0 aliphatic heterocycles. The molecule has 2 amide bonds. The van der Waals surface area contributed by atoms with Crippen molar-refractivity contribution >= 4 is 11.8 Å². The summed E-state index contributed by atoms with van der Waals surface area (Å²) in [6.07, 6.45) is 0. The van der Waals surface area contributed by atoms with Crippen LogP contribution in [0.25, 0.3) is 0 Å². The maximum Gasteiger partial charge on any atom is 0.270 e. The van der Waals surface area contributed by atoms with Crippen molar-refractivity contribution in [3.63, 3.8) is 0 Å². The maximum atomic E-state index is 12.4. The number of rotatable bonds is 6. The second-order valence-corrected chi connectivity index (χ2v) is 6.82. The molecule has 0 aromatic carbocycles. The summed E-state index contributed by atoms with van der Waals surface area (Å²) in [5.74, 6) is -0.627. The predicted octanol–water partition coefficient (Wildman–Crippen LogP) is 2.24. The molecule has 146 valence electrons. The summed E-state index contributed by atoms with van der Waals surface area (Å²) in [5, 5.41) is 5.69. The Morgan fingerprint density at radius 2 is 1.21 bits per heavy atom. The van der Waals surface area contributed by atoms with Crippen LogP contribution in [0.1, 0.15) is 43.8 Å². The molecule has 3 heterocycles. The molecule has 0 saturated heterocycles. The molecule has 0 spiro atoms. The highest BCUT2D eigenvalue weighted by molar-refractivity contribution is 5.96. The van der Waals surface area contributed by atoms with E-state index in [2.05, 4.69) is 15.6 Å². The van der Waals surface area contributed by atoms with Gasteiger partial charge in [-0.2, -0.15) is 0 Å². The third-order valence-corrected chi connectivity index (χ3v) is 5.03. The zero-order chi connectivity index (χ0) is 20.3. The van der Waals surface area contributed by atoms with Crippen LogP contribution in [-0.2, 0) is 27.2 Å². The lowest BCUT2D eigenvalue weighted by atomic mass is 10.2. The van der Waals surface area contributed by atoms with E-state index in [-0.39, 0.29) is 23.2 Å². The van der Waals surface area contributed by atoms with Crippen molar-refractivity contribution in [3.05, 3.63) is 76.6 Å². The van der Waals surface area contributed by atoms with Gasteiger partial charge in [0.1, 0.15) is 11.4 Å². The Kier molecular flexibility index (Phi) is 5.63. The lowest BCUT2D eigenvalue weighted by molar-refractivity contribution is 0.0940. The van der Waals surface area contributed by atoms with Crippen LogP contribution in [0.3, 0.4) is 0 Å². The van der Waals surface area contributed by atoms with E-state index >= 15 is 0 Å². The Labute approximate surface area is 164 Å². The average Bonchev–Trinajstić information content (AvgIpc) is 3.20. The summed E-state index contributed by atoms with van der Waals surface area (Å²) in [4.78, 5) is 29.1. The molecule has 3 aromatic heterocycles. The maximum absolute atomic E-state index is 12.4. The highest BCUT2D eigenvalue weighted by atomic mass is 16.2. The number of aromatic nitrogens is 3. The molecule has 0 aliphatic carbocycles. The fourth-order valence-electron chi connectivity index (χ4n) is 2.90. The largest absolute Gasteiger partial charge is 0.350 e. The standard InChI is InChI=1S/C21H25N5O2/c1-14-8-10-16(25(14)3)12-22-20(27)18-6-5-7-19(24-18)21(28)23-13-17-11-9-15(2)26(17)4/h5-11H,12-13H2,1-4H3,(H,22,27)(H,23,28). The molecule has 3 rings (SSSR count). The normalized spacial score (nSPS) is 10.7. The van der Waals surface area contributed by atoms with Gasteiger partial charge in [-0.15, -0.1) is 0 Å². The van der Waals surface area contributed by atoms with Crippen molar-refractivity contribution < 1.29 is 9.59 Å². The van der Waals surface area contributed by atoms with E-state index in [1.165, 1.54) is 0 Å². The van der Waals surface area contributed by atoms with Gasteiger partial charge in [-0.1, -0.05) is 6.07 Å². The van der Waals surface area contributed by atoms with E-state index in [1.807, 2.05) is 61.3 Å². The molecule has 0 aliphatic rings. The Balaban J connectivity index is 1.62. The number of pyridine rings is 1. The van der Waals surface area contributed by atoms with Crippen molar-refractivity contribution in [2.24, 2.45) is 14.1 Å². The van der Waals surface area contributed by atoms with Gasteiger partial charge in [0.15, 0.2) is 0 Å². The van der Waals surface area contributed by atoms with Crippen LogP contribution in [0.5, 0.6) is 0 Å². The second kappa shape index (κ2) is 8.12. The first-order valence-electron chi connectivity index (χ1n) is 9.12. The van der Waals surface area contributed by atoms with Gasteiger partial charge in [0.25, 0.3) is 11.8 Å². The first-order chi connectivity index (χ1) is 13.4. The smallest absolute Gasteiger partial charge is 0.270 e. The number of amides is 2. The van der Waals surface area contributed by atoms with Crippen LogP contribution in [0.2, 0.25) is 0 Å². The molecule has 7 nitrogen and oxygen atoms in total. The monoisotopic (exact) mass is 379 g/mol. The van der Waals surface area contributed by atoms with E-state index in [1.54, 1.807) is 18.2 Å². The summed E-state index contributed by atoms with van der Waals surface area (Å²) in [6, 6.07) is 12.8. The van der Waals surface area contributed by atoms with Crippen LogP contribution in [0.15, 0.2) is 42.5 Å². The van der Waals surface area contributed by atoms with Gasteiger partial charge in [0, 0.05) is 36.9 Å². The van der Waals surface area contributed by atoms with Crippen LogP contribution in [0, 0.1) is 13.8 Å². The zero-order valence-electron chi connectivity index (χ0n) is 16.6. The minimum atomic E-state index is -0.313. The van der Waals surface area contributed by atoms with Gasteiger partial charge < -0.3 is 19.8 Å². The summed E-state index contributed by atoms with van der Waals surface area (Å²) in [5.41, 5.74) is 4.67. The average molecular weight is 379 g/mol. The molecule has 0 unspecified atom stereocenters. The lowest BCUT2D eigenvalue weighted by Gasteiger charge is -2.09. The Hall–Kier alpha value is -3.35. The zero-order valence-corrected chi connectivity index (χ0v) is 16.6. The molecule has 0 atom stereocenters. The third kappa shape index (κ3) is 4.14. The molecule has 0 bridgehead atoms.